The molecule has 104 valence electrons. The van der Waals surface area contributed by atoms with Crippen molar-refractivity contribution in [2.75, 3.05) is 0 Å². The fourth-order valence-electron chi connectivity index (χ4n) is 2.78. The molecule has 0 saturated carbocycles. The Labute approximate surface area is 115 Å². The van der Waals surface area contributed by atoms with Crippen molar-refractivity contribution < 1.29 is 9.90 Å². The molecule has 0 saturated heterocycles. The highest BCUT2D eigenvalue weighted by Crippen LogP contribution is 2.25. The Balaban J connectivity index is 2.11. The molecule has 0 bridgehead atoms. The molecule has 1 aliphatic rings. The summed E-state index contributed by atoms with van der Waals surface area (Å²) >= 11 is 0. The Morgan fingerprint density at radius 1 is 1.21 bits per heavy atom. The minimum atomic E-state index is -0.775. The second-order valence-corrected chi connectivity index (χ2v) is 5.83. The van der Waals surface area contributed by atoms with E-state index in [2.05, 4.69) is 23.5 Å². The van der Waals surface area contributed by atoms with Gasteiger partial charge in [0.25, 0.3) is 0 Å². The summed E-state index contributed by atoms with van der Waals surface area (Å²) in [6.45, 7) is 5.90. The number of carbonyl (C=O) groups is 1. The van der Waals surface area contributed by atoms with Crippen molar-refractivity contribution in [2.24, 2.45) is 5.92 Å². The highest BCUT2D eigenvalue weighted by molar-refractivity contribution is 5.73. The molecular formula is C16H23NO2. The zero-order valence-electron chi connectivity index (χ0n) is 11.9. The predicted molar refractivity (Wildman–Crippen MR) is 76.3 cm³/mol. The van der Waals surface area contributed by atoms with E-state index in [0.717, 1.165) is 6.42 Å². The van der Waals surface area contributed by atoms with E-state index < -0.39 is 12.0 Å². The minimum absolute atomic E-state index is 0.0643. The van der Waals surface area contributed by atoms with Gasteiger partial charge in [0, 0.05) is 6.04 Å². The van der Waals surface area contributed by atoms with Crippen molar-refractivity contribution in [1.82, 2.24) is 5.32 Å². The van der Waals surface area contributed by atoms with Gasteiger partial charge >= 0.3 is 5.97 Å². The van der Waals surface area contributed by atoms with Crippen LogP contribution in [0.2, 0.25) is 0 Å². The van der Waals surface area contributed by atoms with Crippen LogP contribution in [-0.4, -0.2) is 17.1 Å². The normalized spacial score (nSPS) is 17.3. The van der Waals surface area contributed by atoms with E-state index in [1.54, 1.807) is 0 Å². The number of carboxylic acids is 1. The van der Waals surface area contributed by atoms with Crippen molar-refractivity contribution in [3.63, 3.8) is 0 Å². The highest BCUT2D eigenvalue weighted by Gasteiger charge is 2.24. The van der Waals surface area contributed by atoms with Gasteiger partial charge in [0.2, 0.25) is 0 Å². The Kier molecular flexibility index (Phi) is 4.25. The molecule has 2 N–H and O–H groups in total. The summed E-state index contributed by atoms with van der Waals surface area (Å²) in [4.78, 5) is 11.2. The average Bonchev–Trinajstić information content (AvgIpc) is 2.81. The maximum atomic E-state index is 11.2. The van der Waals surface area contributed by atoms with Gasteiger partial charge in [0.1, 0.15) is 6.04 Å². The third kappa shape index (κ3) is 3.16. The smallest absolute Gasteiger partial charge is 0.320 e. The van der Waals surface area contributed by atoms with Gasteiger partial charge in [-0.1, -0.05) is 32.0 Å². The Bertz CT molecular complexity index is 468. The van der Waals surface area contributed by atoms with Crippen LogP contribution in [0.15, 0.2) is 18.2 Å². The number of rotatable bonds is 5. The van der Waals surface area contributed by atoms with E-state index in [-0.39, 0.29) is 12.0 Å². The average molecular weight is 261 g/mol. The molecule has 0 heterocycles. The first-order valence-electron chi connectivity index (χ1n) is 7.09. The lowest BCUT2D eigenvalue weighted by atomic mass is 9.99. The molecule has 2 unspecified atom stereocenters. The van der Waals surface area contributed by atoms with Crippen LogP contribution in [0.3, 0.4) is 0 Å². The molecule has 3 nitrogen and oxygen atoms in total. The number of fused-ring (bicyclic) bond motifs is 1. The van der Waals surface area contributed by atoms with Crippen molar-refractivity contribution in [1.29, 1.82) is 0 Å². The lowest BCUT2D eigenvalue weighted by Gasteiger charge is -2.23. The summed E-state index contributed by atoms with van der Waals surface area (Å²) in [6, 6.07) is 6.12. The second-order valence-electron chi connectivity index (χ2n) is 5.83. The maximum absolute atomic E-state index is 11.2. The molecule has 19 heavy (non-hydrogen) atoms. The van der Waals surface area contributed by atoms with Crippen LogP contribution in [0.1, 0.15) is 49.9 Å². The fourth-order valence-corrected chi connectivity index (χ4v) is 2.78. The molecule has 0 radical (unpaired) electrons. The lowest BCUT2D eigenvalue weighted by Crippen LogP contribution is -2.42. The third-order valence-corrected chi connectivity index (χ3v) is 3.98. The van der Waals surface area contributed by atoms with Gasteiger partial charge in [0.15, 0.2) is 0 Å². The maximum Gasteiger partial charge on any atom is 0.320 e. The van der Waals surface area contributed by atoms with E-state index in [1.165, 1.54) is 29.5 Å². The summed E-state index contributed by atoms with van der Waals surface area (Å²) in [6.07, 6.45) is 3.58. The number of carboxylic acid groups (broad SMARTS) is 1. The van der Waals surface area contributed by atoms with Crippen molar-refractivity contribution in [2.45, 2.75) is 52.1 Å². The van der Waals surface area contributed by atoms with Crippen molar-refractivity contribution >= 4 is 5.97 Å². The Hall–Kier alpha value is -1.35. The first kappa shape index (κ1) is 14.1. The molecule has 0 amide bonds. The largest absolute Gasteiger partial charge is 0.480 e. The third-order valence-electron chi connectivity index (χ3n) is 3.98. The van der Waals surface area contributed by atoms with Gasteiger partial charge in [-0.2, -0.15) is 0 Å². The first-order chi connectivity index (χ1) is 8.99. The number of aliphatic carboxylic acids is 1. The van der Waals surface area contributed by atoms with Crippen LogP contribution in [0.4, 0.5) is 0 Å². The quantitative estimate of drug-likeness (QED) is 0.856. The fraction of sp³-hybridized carbons (Fsp3) is 0.562. The molecule has 0 aliphatic heterocycles. The van der Waals surface area contributed by atoms with Gasteiger partial charge in [-0.05, 0) is 48.8 Å². The summed E-state index contributed by atoms with van der Waals surface area (Å²) in [5, 5.41) is 12.5. The van der Waals surface area contributed by atoms with E-state index in [4.69, 9.17) is 0 Å². The summed E-state index contributed by atoms with van der Waals surface area (Å²) in [5.74, 6) is -0.697. The summed E-state index contributed by atoms with van der Waals surface area (Å²) in [7, 11) is 0. The van der Waals surface area contributed by atoms with Crippen LogP contribution in [-0.2, 0) is 17.6 Å². The molecular weight excluding hydrogens is 238 g/mol. The van der Waals surface area contributed by atoms with Crippen LogP contribution in [0.5, 0.6) is 0 Å². The molecule has 1 aliphatic carbocycles. The Morgan fingerprint density at radius 3 is 2.53 bits per heavy atom. The van der Waals surface area contributed by atoms with Crippen LogP contribution in [0, 0.1) is 5.92 Å². The zero-order chi connectivity index (χ0) is 14.0. The van der Waals surface area contributed by atoms with Gasteiger partial charge in [0.05, 0.1) is 0 Å². The number of benzene rings is 1. The summed E-state index contributed by atoms with van der Waals surface area (Å²) < 4.78 is 0. The standard InChI is InChI=1S/C16H23NO2/c1-10(2)15(16(18)19)17-11(3)13-8-7-12-5-4-6-14(12)9-13/h7-11,15,17H,4-6H2,1-3H3,(H,18,19). The first-order valence-corrected chi connectivity index (χ1v) is 7.09. The number of hydrogen-bond donors (Lipinski definition) is 2. The van der Waals surface area contributed by atoms with E-state index in [0.29, 0.717) is 0 Å². The molecule has 0 spiro atoms. The number of aryl methyl sites for hydroxylation is 2. The molecule has 0 fully saturated rings. The zero-order valence-corrected chi connectivity index (χ0v) is 11.9. The molecule has 2 atom stereocenters. The van der Waals surface area contributed by atoms with E-state index in [1.807, 2.05) is 20.8 Å². The van der Waals surface area contributed by atoms with Crippen molar-refractivity contribution in [3.05, 3.63) is 34.9 Å². The minimum Gasteiger partial charge on any atom is -0.480 e. The highest BCUT2D eigenvalue weighted by atomic mass is 16.4. The number of hydrogen-bond acceptors (Lipinski definition) is 2. The van der Waals surface area contributed by atoms with Gasteiger partial charge in [-0.3, -0.25) is 10.1 Å². The molecule has 1 aromatic carbocycles. The van der Waals surface area contributed by atoms with Crippen molar-refractivity contribution in [3.8, 4) is 0 Å². The predicted octanol–water partition coefficient (Wildman–Crippen LogP) is 2.94. The lowest BCUT2D eigenvalue weighted by molar-refractivity contribution is -0.140. The SMILES string of the molecule is CC(NC(C(=O)O)C(C)C)c1ccc2c(c1)CCC2. The van der Waals surface area contributed by atoms with Crippen LogP contribution < -0.4 is 5.32 Å². The second kappa shape index (κ2) is 5.74. The molecule has 2 rings (SSSR count). The van der Waals surface area contributed by atoms with E-state index in [9.17, 15) is 9.90 Å². The molecule has 0 aromatic heterocycles. The topological polar surface area (TPSA) is 49.3 Å². The van der Waals surface area contributed by atoms with Gasteiger partial charge in [-0.25, -0.2) is 0 Å². The molecule has 1 aromatic rings. The van der Waals surface area contributed by atoms with Gasteiger partial charge < -0.3 is 5.11 Å². The monoisotopic (exact) mass is 261 g/mol. The van der Waals surface area contributed by atoms with E-state index >= 15 is 0 Å². The summed E-state index contributed by atoms with van der Waals surface area (Å²) in [5.41, 5.74) is 4.07. The number of nitrogens with one attached hydrogen (secondary N) is 1. The Morgan fingerprint density at radius 2 is 1.89 bits per heavy atom. The van der Waals surface area contributed by atoms with Crippen LogP contribution >= 0.6 is 0 Å². The van der Waals surface area contributed by atoms with Gasteiger partial charge in [-0.15, -0.1) is 0 Å². The van der Waals surface area contributed by atoms with Crippen LogP contribution in [0.25, 0.3) is 0 Å². The molecule has 3 heteroatoms.